The second-order valence-corrected chi connectivity index (χ2v) is 14.5. The number of allylic oxidation sites excluding steroid dienone is 2. The first-order chi connectivity index (χ1) is 17.7. The normalized spacial score (nSPS) is 47.4. The van der Waals surface area contributed by atoms with Crippen molar-refractivity contribution in [1.82, 2.24) is 0 Å². The maximum absolute atomic E-state index is 12.9. The molecule has 4 aliphatic carbocycles. The monoisotopic (exact) mass is 524 g/mol. The van der Waals surface area contributed by atoms with Crippen molar-refractivity contribution >= 4 is 17.7 Å². The zero-order valence-electron chi connectivity index (χ0n) is 24.2. The van der Waals surface area contributed by atoms with Gasteiger partial charge in [-0.1, -0.05) is 45.8 Å². The highest BCUT2D eigenvalue weighted by molar-refractivity contribution is 5.90. The molecule has 6 nitrogen and oxygen atoms in total. The fourth-order valence-electron chi connectivity index (χ4n) is 10.4. The number of ketones is 1. The van der Waals surface area contributed by atoms with Crippen molar-refractivity contribution in [3.63, 3.8) is 0 Å². The summed E-state index contributed by atoms with van der Waals surface area (Å²) >= 11 is 0. The van der Waals surface area contributed by atoms with Crippen molar-refractivity contribution in [2.24, 2.45) is 39.4 Å². The largest absolute Gasteiger partial charge is 0.435 e. The first-order valence-corrected chi connectivity index (χ1v) is 14.7. The molecule has 0 aromatic rings. The van der Waals surface area contributed by atoms with Gasteiger partial charge in [0.15, 0.2) is 0 Å². The molecule has 208 valence electrons. The summed E-state index contributed by atoms with van der Waals surface area (Å²) in [6, 6.07) is 0. The molecule has 0 N–H and O–H groups in total. The highest BCUT2D eigenvalue weighted by Crippen LogP contribution is 2.73. The van der Waals surface area contributed by atoms with Gasteiger partial charge in [-0.05, 0) is 86.0 Å². The van der Waals surface area contributed by atoms with E-state index in [1.807, 2.05) is 0 Å². The number of rotatable bonds is 2. The third-order valence-corrected chi connectivity index (χ3v) is 12.6. The first-order valence-electron chi connectivity index (χ1n) is 14.7. The predicted octanol–water partition coefficient (Wildman–Crippen LogP) is 6.43. The van der Waals surface area contributed by atoms with Crippen LogP contribution in [0.3, 0.4) is 0 Å². The molecule has 0 aromatic carbocycles. The van der Waals surface area contributed by atoms with Crippen LogP contribution in [0.25, 0.3) is 0 Å². The molecule has 0 unspecified atom stereocenters. The number of esters is 2. The Morgan fingerprint density at radius 1 is 0.974 bits per heavy atom. The third kappa shape index (κ3) is 3.31. The Kier molecular flexibility index (Phi) is 5.57. The quantitative estimate of drug-likeness (QED) is 0.306. The van der Waals surface area contributed by atoms with Crippen molar-refractivity contribution in [2.75, 3.05) is 0 Å². The molecule has 1 saturated heterocycles. The van der Waals surface area contributed by atoms with Crippen molar-refractivity contribution in [3.05, 3.63) is 22.8 Å². The van der Waals surface area contributed by atoms with Crippen LogP contribution < -0.4 is 0 Å². The van der Waals surface area contributed by atoms with E-state index >= 15 is 0 Å². The van der Waals surface area contributed by atoms with Crippen LogP contribution in [-0.4, -0.2) is 29.8 Å². The van der Waals surface area contributed by atoms with Gasteiger partial charge in [0.1, 0.15) is 5.78 Å². The molecule has 2 heterocycles. The Morgan fingerprint density at radius 3 is 2.37 bits per heavy atom. The minimum absolute atomic E-state index is 0.0222. The van der Waals surface area contributed by atoms with E-state index in [1.165, 1.54) is 6.92 Å². The second-order valence-electron chi connectivity index (χ2n) is 14.5. The summed E-state index contributed by atoms with van der Waals surface area (Å²) in [6.45, 7) is 14.9. The Hall–Kier alpha value is -1.95. The van der Waals surface area contributed by atoms with Crippen LogP contribution in [0.5, 0.6) is 0 Å². The lowest BCUT2D eigenvalue weighted by molar-refractivity contribution is -0.236. The van der Waals surface area contributed by atoms with Gasteiger partial charge in [-0.3, -0.25) is 14.3 Å². The fraction of sp³-hybridized carbons (Fsp3) is 0.781. The van der Waals surface area contributed by atoms with Gasteiger partial charge in [0.25, 0.3) is 0 Å². The van der Waals surface area contributed by atoms with E-state index in [1.54, 1.807) is 24.1 Å². The molecular formula is C32H44O6. The highest BCUT2D eigenvalue weighted by Gasteiger charge is 2.66. The van der Waals surface area contributed by atoms with Gasteiger partial charge in [-0.2, -0.15) is 0 Å². The molecule has 0 radical (unpaired) electrons. The van der Waals surface area contributed by atoms with Crippen LogP contribution in [0, 0.1) is 39.4 Å². The van der Waals surface area contributed by atoms with Gasteiger partial charge in [-0.15, -0.1) is 0 Å². The maximum Gasteiger partial charge on any atom is 0.336 e. The molecular weight excluding hydrogens is 480 g/mol. The third-order valence-electron chi connectivity index (χ3n) is 12.6. The average Bonchev–Trinajstić information content (AvgIpc) is 3.40. The summed E-state index contributed by atoms with van der Waals surface area (Å²) in [5.74, 6) is -0.784. The number of carbonyl (C=O) groups is 3. The van der Waals surface area contributed by atoms with Gasteiger partial charge in [0.2, 0.25) is 12.1 Å². The lowest BCUT2D eigenvalue weighted by Gasteiger charge is -2.60. The average molecular weight is 525 g/mol. The van der Waals surface area contributed by atoms with Gasteiger partial charge in [-0.25, -0.2) is 4.79 Å². The van der Waals surface area contributed by atoms with E-state index in [-0.39, 0.29) is 45.4 Å². The van der Waals surface area contributed by atoms with E-state index in [0.29, 0.717) is 30.1 Å². The molecule has 0 bridgehead atoms. The molecule has 1 spiro atoms. The van der Waals surface area contributed by atoms with Crippen molar-refractivity contribution in [1.29, 1.82) is 0 Å². The molecule has 6 heteroatoms. The number of ether oxygens (including phenoxy) is 3. The van der Waals surface area contributed by atoms with Crippen LogP contribution >= 0.6 is 0 Å². The minimum Gasteiger partial charge on any atom is -0.435 e. The summed E-state index contributed by atoms with van der Waals surface area (Å²) in [7, 11) is 0. The molecule has 0 amide bonds. The smallest absolute Gasteiger partial charge is 0.336 e. The van der Waals surface area contributed by atoms with Gasteiger partial charge in [0.05, 0.1) is 0 Å². The standard InChI is InChI=1S/C32H44O6/c1-18-16-32(37-26(18)35)17-20(27(38-32)36-19(2)33)21-10-14-31(7)23-8-9-24-28(3,4)25(34)12-13-29(24,5)22(23)11-15-30(21,31)6/h16,20-21,24,27H,8-15,17H2,1-7H3/t20-,21-,24+,27+,29-,30-,31+,32+/m1/s1. The zero-order valence-corrected chi connectivity index (χ0v) is 24.2. The second kappa shape index (κ2) is 8.05. The van der Waals surface area contributed by atoms with Gasteiger partial charge >= 0.3 is 11.9 Å². The van der Waals surface area contributed by atoms with Crippen LogP contribution in [-0.2, 0) is 28.6 Å². The number of carbonyl (C=O) groups excluding carboxylic acids is 3. The maximum atomic E-state index is 12.9. The van der Waals surface area contributed by atoms with E-state index in [4.69, 9.17) is 14.2 Å². The zero-order chi connectivity index (χ0) is 27.5. The summed E-state index contributed by atoms with van der Waals surface area (Å²) in [6.07, 6.45) is 9.66. The van der Waals surface area contributed by atoms with Crippen LogP contribution in [0.15, 0.2) is 22.8 Å². The summed E-state index contributed by atoms with van der Waals surface area (Å²) in [5.41, 5.74) is 3.75. The Labute approximate surface area is 226 Å². The molecule has 2 saturated carbocycles. The molecule has 6 rings (SSSR count). The number of fused-ring (bicyclic) bond motifs is 4. The van der Waals surface area contributed by atoms with E-state index in [2.05, 4.69) is 34.6 Å². The molecule has 2 aliphatic heterocycles. The molecule has 38 heavy (non-hydrogen) atoms. The number of hydrogen-bond acceptors (Lipinski definition) is 6. The Balaban J connectivity index is 1.36. The predicted molar refractivity (Wildman–Crippen MR) is 141 cm³/mol. The van der Waals surface area contributed by atoms with E-state index < -0.39 is 12.1 Å². The highest BCUT2D eigenvalue weighted by atomic mass is 16.8. The fourth-order valence-corrected chi connectivity index (χ4v) is 10.4. The SMILES string of the molecule is CC(=O)O[C@H]1O[C@@]2(C=C(C)C(=O)O2)C[C@@H]1[C@H]1CC[C@@]2(C)C3=C(CC[C@]12C)[C@@]1(C)CCC(=O)C(C)(C)[C@@H]1CC3. The Morgan fingerprint density at radius 2 is 1.71 bits per heavy atom. The van der Waals surface area contributed by atoms with Crippen molar-refractivity contribution in [2.45, 2.75) is 118 Å². The van der Waals surface area contributed by atoms with E-state index in [9.17, 15) is 14.4 Å². The van der Waals surface area contributed by atoms with Gasteiger partial charge < -0.3 is 9.47 Å². The first kappa shape index (κ1) is 26.3. The lowest BCUT2D eigenvalue weighted by Crippen LogP contribution is -2.54. The number of hydrogen-bond donors (Lipinski definition) is 0. The molecule has 6 aliphatic rings. The van der Waals surface area contributed by atoms with E-state index in [0.717, 1.165) is 44.9 Å². The van der Waals surface area contributed by atoms with Gasteiger partial charge in [0, 0.05) is 36.7 Å². The van der Waals surface area contributed by atoms with Crippen molar-refractivity contribution < 1.29 is 28.6 Å². The number of Topliss-reactive ketones (excluding diaryl/α,β-unsaturated/α-hetero) is 1. The summed E-state index contributed by atoms with van der Waals surface area (Å²) in [5, 5.41) is 0. The van der Waals surface area contributed by atoms with Crippen LogP contribution in [0.2, 0.25) is 0 Å². The van der Waals surface area contributed by atoms with Crippen molar-refractivity contribution in [3.8, 4) is 0 Å². The lowest BCUT2D eigenvalue weighted by atomic mass is 9.43. The Bertz CT molecular complexity index is 1180. The minimum atomic E-state index is -1.13. The van der Waals surface area contributed by atoms with Crippen LogP contribution in [0.1, 0.15) is 106 Å². The van der Waals surface area contributed by atoms with Crippen LogP contribution in [0.4, 0.5) is 0 Å². The molecule has 3 fully saturated rings. The summed E-state index contributed by atoms with van der Waals surface area (Å²) in [4.78, 5) is 37.3. The topological polar surface area (TPSA) is 78.9 Å². The molecule has 0 aromatic heterocycles. The molecule has 8 atom stereocenters. The summed E-state index contributed by atoms with van der Waals surface area (Å²) < 4.78 is 17.7.